The van der Waals surface area contributed by atoms with E-state index in [1.165, 1.54) is 0 Å². The van der Waals surface area contributed by atoms with E-state index in [1.54, 1.807) is 0 Å². The molecule has 9 heteroatoms. The lowest BCUT2D eigenvalue weighted by molar-refractivity contribution is 0.356. The zero-order chi connectivity index (χ0) is 18.0. The molecular formula is C16H22N6O3. The lowest BCUT2D eigenvalue weighted by atomic mass is 10.0. The van der Waals surface area contributed by atoms with E-state index < -0.39 is 5.76 Å². The highest BCUT2D eigenvalue weighted by atomic mass is 16.5. The zero-order valence-electron chi connectivity index (χ0n) is 14.7. The molecule has 2 N–H and O–H groups in total. The van der Waals surface area contributed by atoms with Crippen LogP contribution < -0.4 is 5.76 Å². The summed E-state index contributed by atoms with van der Waals surface area (Å²) in [4.78, 5) is 18.0. The summed E-state index contributed by atoms with van der Waals surface area (Å²) in [6, 6.07) is 2.07. The van der Waals surface area contributed by atoms with E-state index in [1.807, 2.05) is 13.8 Å². The van der Waals surface area contributed by atoms with Gasteiger partial charge in [-0.15, -0.1) is 0 Å². The van der Waals surface area contributed by atoms with Crippen molar-refractivity contribution in [2.24, 2.45) is 0 Å². The first kappa shape index (κ1) is 17.1. The smallest absolute Gasteiger partial charge is 0.339 e. The van der Waals surface area contributed by atoms with Gasteiger partial charge in [0.2, 0.25) is 5.89 Å². The maximum atomic E-state index is 11.0. The van der Waals surface area contributed by atoms with Gasteiger partial charge >= 0.3 is 5.76 Å². The molecule has 0 bridgehead atoms. The molecule has 2 unspecified atom stereocenters. The van der Waals surface area contributed by atoms with Crippen molar-refractivity contribution in [3.05, 3.63) is 45.5 Å². The van der Waals surface area contributed by atoms with Gasteiger partial charge in [0.05, 0.1) is 5.69 Å². The number of nitrogens with zero attached hydrogens (tertiary/aromatic N) is 4. The molecule has 2 atom stereocenters. The van der Waals surface area contributed by atoms with Gasteiger partial charge in [-0.05, 0) is 18.4 Å². The molecule has 0 aliphatic rings. The molecule has 3 rings (SSSR count). The molecule has 0 fully saturated rings. The Morgan fingerprint density at radius 2 is 1.88 bits per heavy atom. The van der Waals surface area contributed by atoms with E-state index >= 15 is 0 Å². The van der Waals surface area contributed by atoms with E-state index in [0.717, 1.165) is 17.8 Å². The van der Waals surface area contributed by atoms with Crippen molar-refractivity contribution in [1.29, 1.82) is 0 Å². The zero-order valence-corrected chi connectivity index (χ0v) is 14.7. The van der Waals surface area contributed by atoms with Crippen LogP contribution in [0.1, 0.15) is 74.4 Å². The summed E-state index contributed by atoms with van der Waals surface area (Å²) < 4.78 is 9.84. The molecule has 0 radical (unpaired) electrons. The molecular weight excluding hydrogens is 324 g/mol. The van der Waals surface area contributed by atoms with Crippen molar-refractivity contribution in [2.45, 2.75) is 58.3 Å². The van der Waals surface area contributed by atoms with Crippen LogP contribution in [0.25, 0.3) is 0 Å². The molecule has 3 aromatic heterocycles. The monoisotopic (exact) mass is 346 g/mol. The predicted octanol–water partition coefficient (Wildman–Crippen LogP) is 2.28. The molecule has 3 aromatic rings. The van der Waals surface area contributed by atoms with Gasteiger partial charge in [-0.3, -0.25) is 14.6 Å². The lowest BCUT2D eigenvalue weighted by Crippen LogP contribution is -2.05. The molecule has 0 aliphatic carbocycles. The Morgan fingerprint density at radius 3 is 2.52 bits per heavy atom. The molecule has 25 heavy (non-hydrogen) atoms. The predicted molar refractivity (Wildman–Crippen MR) is 88.3 cm³/mol. The molecule has 0 aliphatic heterocycles. The van der Waals surface area contributed by atoms with Gasteiger partial charge in [0.15, 0.2) is 11.6 Å². The quantitative estimate of drug-likeness (QED) is 0.672. The highest BCUT2D eigenvalue weighted by molar-refractivity contribution is 5.14. The maximum Gasteiger partial charge on any atom is 0.438 e. The first-order valence-electron chi connectivity index (χ1n) is 8.35. The summed E-state index contributed by atoms with van der Waals surface area (Å²) in [6.07, 6.45) is 1.23. The lowest BCUT2D eigenvalue weighted by Gasteiger charge is -2.04. The first-order chi connectivity index (χ1) is 11.9. The van der Waals surface area contributed by atoms with E-state index in [2.05, 4.69) is 54.9 Å². The fourth-order valence-electron chi connectivity index (χ4n) is 2.56. The van der Waals surface area contributed by atoms with Crippen LogP contribution in [0.3, 0.4) is 0 Å². The fraction of sp³-hybridized carbons (Fsp3) is 0.562. The average molecular weight is 346 g/mol. The van der Waals surface area contributed by atoms with Gasteiger partial charge in [0.1, 0.15) is 0 Å². The highest BCUT2D eigenvalue weighted by Crippen LogP contribution is 2.21. The minimum atomic E-state index is -0.568. The van der Waals surface area contributed by atoms with E-state index in [4.69, 9.17) is 4.52 Å². The van der Waals surface area contributed by atoms with Gasteiger partial charge in [0.25, 0.3) is 0 Å². The molecule has 0 saturated heterocycles. The molecule has 0 aromatic carbocycles. The second-order valence-electron chi connectivity index (χ2n) is 6.71. The summed E-state index contributed by atoms with van der Waals surface area (Å²) in [5, 5.41) is 15.1. The molecule has 0 saturated carbocycles. The van der Waals surface area contributed by atoms with Crippen LogP contribution in [0, 0.1) is 0 Å². The van der Waals surface area contributed by atoms with E-state index in [9.17, 15) is 4.79 Å². The molecule has 134 valence electrons. The van der Waals surface area contributed by atoms with Crippen LogP contribution >= 0.6 is 0 Å². The van der Waals surface area contributed by atoms with Crippen molar-refractivity contribution < 1.29 is 9.05 Å². The van der Waals surface area contributed by atoms with Gasteiger partial charge in [0, 0.05) is 24.0 Å². The third kappa shape index (κ3) is 4.04. The Morgan fingerprint density at radius 1 is 1.08 bits per heavy atom. The van der Waals surface area contributed by atoms with Crippen molar-refractivity contribution >= 4 is 0 Å². The number of hydrogen-bond acceptors (Lipinski definition) is 7. The molecule has 0 spiro atoms. The molecule has 3 heterocycles. The fourth-order valence-corrected chi connectivity index (χ4v) is 2.56. The average Bonchev–Trinajstić information content (AvgIpc) is 3.27. The largest absolute Gasteiger partial charge is 0.438 e. The van der Waals surface area contributed by atoms with Gasteiger partial charge in [-0.25, -0.2) is 4.79 Å². The Balaban J connectivity index is 1.62. The molecule has 0 amide bonds. The SMILES string of the molecule is CC(C)c1cc(CC(C)c2noc(CC(C)c3noc(=O)[nH]3)n2)[nH]n1. The standard InChI is InChI=1S/C16H22N6O3/c1-8(2)12-7-11(19-20-12)5-9(3)14-17-13(24-21-14)6-10(4)15-18-16(23)25-22-15/h7-10H,5-6H2,1-4H3,(H,19,20)(H,18,22,23). The normalized spacial score (nSPS) is 14.1. The van der Waals surface area contributed by atoms with Crippen molar-refractivity contribution in [2.75, 3.05) is 0 Å². The summed E-state index contributed by atoms with van der Waals surface area (Å²) in [7, 11) is 0. The second-order valence-corrected chi connectivity index (χ2v) is 6.71. The van der Waals surface area contributed by atoms with E-state index in [0.29, 0.717) is 29.9 Å². The third-order valence-corrected chi connectivity index (χ3v) is 4.10. The van der Waals surface area contributed by atoms with Gasteiger partial charge < -0.3 is 4.52 Å². The first-order valence-corrected chi connectivity index (χ1v) is 8.35. The topological polar surface area (TPSA) is 126 Å². The van der Waals surface area contributed by atoms with Crippen LogP contribution in [0.5, 0.6) is 0 Å². The van der Waals surface area contributed by atoms with Crippen LogP contribution in [-0.2, 0) is 12.8 Å². The Bertz CT molecular complexity index is 874. The number of aromatic amines is 2. The van der Waals surface area contributed by atoms with Crippen LogP contribution in [-0.4, -0.2) is 30.5 Å². The summed E-state index contributed by atoms with van der Waals surface area (Å²) in [5.41, 5.74) is 2.10. The summed E-state index contributed by atoms with van der Waals surface area (Å²) in [5.74, 6) is 1.46. The van der Waals surface area contributed by atoms with E-state index in [-0.39, 0.29) is 11.8 Å². The highest BCUT2D eigenvalue weighted by Gasteiger charge is 2.19. The maximum absolute atomic E-state index is 11.0. The third-order valence-electron chi connectivity index (χ3n) is 4.10. The second kappa shape index (κ2) is 7.04. The molecule has 9 nitrogen and oxygen atoms in total. The van der Waals surface area contributed by atoms with Crippen LogP contribution in [0.15, 0.2) is 19.9 Å². The number of aromatic nitrogens is 6. The van der Waals surface area contributed by atoms with Gasteiger partial charge in [-0.2, -0.15) is 10.1 Å². The number of rotatable bonds is 7. The summed E-state index contributed by atoms with van der Waals surface area (Å²) >= 11 is 0. The number of hydrogen-bond donors (Lipinski definition) is 2. The number of H-pyrrole nitrogens is 2. The Labute approximate surface area is 144 Å². The van der Waals surface area contributed by atoms with Crippen LogP contribution in [0.2, 0.25) is 0 Å². The van der Waals surface area contributed by atoms with Crippen molar-refractivity contribution in [3.63, 3.8) is 0 Å². The minimum absolute atomic E-state index is 0.0868. The van der Waals surface area contributed by atoms with Gasteiger partial charge in [-0.1, -0.05) is 38.0 Å². The summed E-state index contributed by atoms with van der Waals surface area (Å²) in [6.45, 7) is 8.17. The Kier molecular flexibility index (Phi) is 4.82. The van der Waals surface area contributed by atoms with Crippen LogP contribution in [0.4, 0.5) is 0 Å². The Hall–Kier alpha value is -2.71. The van der Waals surface area contributed by atoms with Crippen molar-refractivity contribution in [1.82, 2.24) is 30.5 Å². The van der Waals surface area contributed by atoms with Crippen molar-refractivity contribution in [3.8, 4) is 0 Å². The number of nitrogens with one attached hydrogen (secondary N) is 2. The minimum Gasteiger partial charge on any atom is -0.339 e.